The molecule has 0 bridgehead atoms. The Morgan fingerprint density at radius 1 is 0.820 bits per heavy atom. The Morgan fingerprint density at radius 2 is 1.52 bits per heavy atom. The average molecular weight is 735 g/mol. The third-order valence-corrected chi connectivity index (χ3v) is 10.9. The number of ether oxygens (including phenoxy) is 2. The van der Waals surface area contributed by atoms with Crippen molar-refractivity contribution in [2.75, 3.05) is 0 Å². The molecule has 0 aromatic carbocycles. The molecule has 0 aromatic heterocycles. The third kappa shape index (κ3) is 9.04. The lowest BCUT2D eigenvalue weighted by Crippen LogP contribution is -2.48. The molecule has 0 heterocycles. The van der Waals surface area contributed by atoms with Crippen molar-refractivity contribution in [3.05, 3.63) is 58.0 Å². The molecule has 0 radical (unpaired) electrons. The first kappa shape index (κ1) is 39.0. The lowest BCUT2D eigenvalue weighted by atomic mass is 9.70. The molecule has 2 nitrogen and oxygen atoms in total. The molecule has 0 spiro atoms. The van der Waals surface area contributed by atoms with Crippen molar-refractivity contribution >= 4 is 0 Å². The van der Waals surface area contributed by atoms with E-state index in [0.717, 1.165) is 50.2 Å². The summed E-state index contributed by atoms with van der Waals surface area (Å²) in [4.78, 5) is 0. The molecule has 1 fully saturated rings. The topological polar surface area (TPSA) is 18.5 Å². The van der Waals surface area contributed by atoms with Crippen molar-refractivity contribution in [1.29, 1.82) is 0 Å². The highest BCUT2D eigenvalue weighted by molar-refractivity contribution is 5.40. The molecule has 0 amide bonds. The summed E-state index contributed by atoms with van der Waals surface area (Å²) in [6.07, 6.45) is -16.8. The van der Waals surface area contributed by atoms with Crippen LogP contribution in [0.2, 0.25) is 0 Å². The van der Waals surface area contributed by atoms with Crippen LogP contribution in [0, 0.1) is 23.7 Å². The largest absolute Gasteiger partial charge is 0.527 e. The van der Waals surface area contributed by atoms with Crippen LogP contribution in [0.15, 0.2) is 58.0 Å². The summed E-state index contributed by atoms with van der Waals surface area (Å²) in [6.45, 7) is 2.16. The monoisotopic (exact) mass is 734 g/mol. The van der Waals surface area contributed by atoms with Crippen LogP contribution in [0.3, 0.4) is 0 Å². The van der Waals surface area contributed by atoms with Gasteiger partial charge < -0.3 is 4.74 Å². The molecule has 9 atom stereocenters. The normalized spacial score (nSPS) is 34.9. The van der Waals surface area contributed by atoms with Crippen molar-refractivity contribution in [2.24, 2.45) is 23.7 Å². The first-order valence-corrected chi connectivity index (χ1v) is 17.3. The molecule has 282 valence electrons. The van der Waals surface area contributed by atoms with E-state index in [1.54, 1.807) is 0 Å². The van der Waals surface area contributed by atoms with E-state index < -0.39 is 104 Å². The maximum atomic E-state index is 15.3. The van der Waals surface area contributed by atoms with E-state index in [1.165, 1.54) is 11.1 Å². The maximum absolute atomic E-state index is 15.3. The van der Waals surface area contributed by atoms with E-state index in [4.69, 9.17) is 4.74 Å². The minimum Gasteiger partial charge on any atom is -0.317 e. The van der Waals surface area contributed by atoms with Gasteiger partial charge in [0.25, 0.3) is 0 Å². The van der Waals surface area contributed by atoms with Gasteiger partial charge in [0, 0.05) is 25.2 Å². The molecular weight excluding hydrogens is 692 g/mol. The number of rotatable bonds is 10. The zero-order valence-corrected chi connectivity index (χ0v) is 27.6. The lowest BCUT2D eigenvalue weighted by Gasteiger charge is -2.42. The minimum atomic E-state index is -5.93. The summed E-state index contributed by atoms with van der Waals surface area (Å²) in [5.74, 6) is -6.93. The summed E-state index contributed by atoms with van der Waals surface area (Å²) in [5.41, 5.74) is 2.12. The molecule has 5 aliphatic carbocycles. The zero-order valence-electron chi connectivity index (χ0n) is 27.6. The quantitative estimate of drug-likeness (QED) is 0.164. The van der Waals surface area contributed by atoms with E-state index in [2.05, 4.69) is 23.8 Å². The van der Waals surface area contributed by atoms with Gasteiger partial charge in [0.2, 0.25) is 0 Å². The predicted octanol–water partition coefficient (Wildman–Crippen LogP) is 12.0. The van der Waals surface area contributed by atoms with Crippen LogP contribution in [0.1, 0.15) is 90.4 Å². The van der Waals surface area contributed by atoms with Gasteiger partial charge in [-0.05, 0) is 86.8 Å². The number of halogens is 12. The highest BCUT2D eigenvalue weighted by Gasteiger charge is 2.56. The van der Waals surface area contributed by atoms with Crippen molar-refractivity contribution in [3.63, 3.8) is 0 Å². The fourth-order valence-corrected chi connectivity index (χ4v) is 8.46. The zero-order chi connectivity index (χ0) is 36.6. The van der Waals surface area contributed by atoms with Gasteiger partial charge in [0.15, 0.2) is 0 Å². The standard InChI is InChI=1S/C36H42F12O2/c1-2-3-19-4-6-20(7-5-19)21-8-10-22(11-9-21)23-12-13-26(27(37)14-23)34(42,43)49-25-17-28(38)32(29(39)18-25)24-15-30(40)33(31(41)16-24)35(44,45)50-36(46,47)48/h4,8,10,14,20,24-30,32H,2-3,5-7,9,11-13,15-18H2,1H3/t20-,24+,25?,26?,27-,28+,29?,30?,32?/m1/s1. The van der Waals surface area contributed by atoms with E-state index in [0.29, 0.717) is 17.9 Å². The molecule has 1 saturated carbocycles. The van der Waals surface area contributed by atoms with Gasteiger partial charge in [-0.3, -0.25) is 0 Å². The molecule has 0 aliphatic heterocycles. The van der Waals surface area contributed by atoms with Gasteiger partial charge in [0.05, 0.1) is 17.6 Å². The fraction of sp³-hybridized carbons (Fsp3) is 0.722. The average Bonchev–Trinajstić information content (AvgIpc) is 2.99. The smallest absolute Gasteiger partial charge is 0.317 e. The van der Waals surface area contributed by atoms with Gasteiger partial charge in [-0.2, -0.15) is 17.6 Å². The van der Waals surface area contributed by atoms with Gasteiger partial charge in [0.1, 0.15) is 30.5 Å². The van der Waals surface area contributed by atoms with Gasteiger partial charge in [-0.15, -0.1) is 13.2 Å². The second kappa shape index (κ2) is 15.4. The number of alkyl halides is 11. The van der Waals surface area contributed by atoms with Crippen LogP contribution < -0.4 is 0 Å². The highest BCUT2D eigenvalue weighted by atomic mass is 19.4. The molecule has 14 heteroatoms. The fourth-order valence-electron chi connectivity index (χ4n) is 8.46. The Kier molecular flexibility index (Phi) is 12.0. The van der Waals surface area contributed by atoms with E-state index in [-0.39, 0.29) is 12.8 Å². The summed E-state index contributed by atoms with van der Waals surface area (Å²) in [6, 6.07) is 0. The van der Waals surface area contributed by atoms with Crippen LogP contribution in [-0.2, 0) is 9.47 Å². The van der Waals surface area contributed by atoms with Crippen LogP contribution >= 0.6 is 0 Å². The van der Waals surface area contributed by atoms with Gasteiger partial charge in [-0.25, -0.2) is 26.7 Å². The first-order chi connectivity index (χ1) is 23.4. The van der Waals surface area contributed by atoms with Crippen LogP contribution in [0.25, 0.3) is 0 Å². The van der Waals surface area contributed by atoms with Crippen molar-refractivity contribution in [1.82, 2.24) is 0 Å². The maximum Gasteiger partial charge on any atom is 0.527 e. The van der Waals surface area contributed by atoms with E-state index in [1.807, 2.05) is 6.08 Å². The molecule has 0 aromatic rings. The summed E-state index contributed by atoms with van der Waals surface area (Å²) < 4.78 is 178. The van der Waals surface area contributed by atoms with Crippen molar-refractivity contribution < 1.29 is 62.2 Å². The Morgan fingerprint density at radius 3 is 2.06 bits per heavy atom. The van der Waals surface area contributed by atoms with E-state index >= 15 is 22.0 Å². The molecule has 0 saturated heterocycles. The first-order valence-electron chi connectivity index (χ1n) is 17.3. The van der Waals surface area contributed by atoms with Crippen LogP contribution in [0.5, 0.6) is 0 Å². The Labute approximate surface area is 283 Å². The van der Waals surface area contributed by atoms with Crippen LogP contribution in [0.4, 0.5) is 52.7 Å². The molecule has 5 unspecified atom stereocenters. The third-order valence-electron chi connectivity index (χ3n) is 10.9. The van der Waals surface area contributed by atoms with Crippen LogP contribution in [-0.4, -0.2) is 49.4 Å². The van der Waals surface area contributed by atoms with E-state index in [9.17, 15) is 30.7 Å². The lowest BCUT2D eigenvalue weighted by molar-refractivity contribution is -0.414. The summed E-state index contributed by atoms with van der Waals surface area (Å²) >= 11 is 0. The molecule has 0 N–H and O–H groups in total. The second-order valence-electron chi connectivity index (χ2n) is 14.2. The molecular formula is C36H42F12O2. The number of hydrogen-bond donors (Lipinski definition) is 0. The minimum absolute atomic E-state index is 0.149. The summed E-state index contributed by atoms with van der Waals surface area (Å²) in [5, 5.41) is 0. The Hall–Kier alpha value is -2.22. The molecule has 50 heavy (non-hydrogen) atoms. The SMILES string of the molecule is CCCC1=CC[C@@H](C2=CC=C(C3=C[C@@H](F)C(C(F)(F)OC4CC(F)C([C@@H]5CC(F)=C(C(F)(F)OC(F)(F)F)C(F)C5)[C@@H](F)C4)CC3)CC2)CC1. The highest BCUT2D eigenvalue weighted by Crippen LogP contribution is 2.50. The molecule has 5 aliphatic rings. The second-order valence-corrected chi connectivity index (χ2v) is 14.2. The molecule has 5 rings (SSSR count). The number of allylic oxidation sites excluding steroid dienone is 9. The number of hydrogen-bond acceptors (Lipinski definition) is 2. The Bertz CT molecular complexity index is 1370. The predicted molar refractivity (Wildman–Crippen MR) is 162 cm³/mol. The van der Waals surface area contributed by atoms with Crippen molar-refractivity contribution in [2.45, 2.75) is 140 Å². The van der Waals surface area contributed by atoms with Crippen molar-refractivity contribution in [3.8, 4) is 0 Å². The van der Waals surface area contributed by atoms with Gasteiger partial charge >= 0.3 is 18.6 Å². The Balaban J connectivity index is 1.17. The van der Waals surface area contributed by atoms with Gasteiger partial charge in [-0.1, -0.05) is 42.7 Å². The summed E-state index contributed by atoms with van der Waals surface area (Å²) in [7, 11) is 0.